The number of fused-ring (bicyclic) bond motifs is 11. The highest BCUT2D eigenvalue weighted by molar-refractivity contribution is 7.89. The molecule has 0 aliphatic carbocycles. The molecule has 12 heteroatoms. The maximum Gasteiger partial charge on any atom is 0.247 e. The smallest absolute Gasteiger partial charge is 0.247 e. The highest BCUT2D eigenvalue weighted by Gasteiger charge is 2.35. The van der Waals surface area contributed by atoms with Gasteiger partial charge in [0.1, 0.15) is 11.8 Å². The Balaban J connectivity index is 1.79. The Labute approximate surface area is 247 Å². The quantitative estimate of drug-likeness (QED) is 0.149. The van der Waals surface area contributed by atoms with Gasteiger partial charge in [-0.25, -0.2) is 19.0 Å². The molecule has 0 spiro atoms. The van der Waals surface area contributed by atoms with E-state index in [1.54, 1.807) is 29.7 Å². The summed E-state index contributed by atoms with van der Waals surface area (Å²) < 4.78 is 28.8. The summed E-state index contributed by atoms with van der Waals surface area (Å²) in [5, 5.41) is 20.4. The second-order valence-corrected chi connectivity index (χ2v) is 12.2. The molecule has 3 atom stereocenters. The number of amides is 3. The molecular formula is C30H42N4O7S. The number of rotatable bonds is 11. The molecule has 2 aliphatic rings. The van der Waals surface area contributed by atoms with E-state index in [0.717, 1.165) is 36.8 Å². The molecule has 2 bridgehead atoms. The van der Waals surface area contributed by atoms with E-state index in [0.29, 0.717) is 38.0 Å². The fraction of sp³-hybridized carbons (Fsp3) is 0.500. The van der Waals surface area contributed by atoms with E-state index in [2.05, 4.69) is 17.6 Å². The molecule has 4 rings (SSSR count). The van der Waals surface area contributed by atoms with Crippen LogP contribution in [-0.4, -0.2) is 50.5 Å². The van der Waals surface area contributed by atoms with Crippen molar-refractivity contribution in [1.29, 1.82) is 0 Å². The first-order valence-electron chi connectivity index (χ1n) is 14.5. The second-order valence-electron chi connectivity index (χ2n) is 10.7. The SMILES string of the molecule is CCCCCC[C@H]1C(=O)N[C@H](C(=O)NCCc2ccc(S(N)(=O)=O)cc2)Cc2ccc(cc2)OCCC[C@@H]1C(=O)NO. The molecule has 0 fully saturated rings. The summed E-state index contributed by atoms with van der Waals surface area (Å²) in [6, 6.07) is 12.5. The molecule has 0 saturated carbocycles. The predicted octanol–water partition coefficient (Wildman–Crippen LogP) is 2.60. The van der Waals surface area contributed by atoms with Crippen molar-refractivity contribution in [2.24, 2.45) is 17.0 Å². The van der Waals surface area contributed by atoms with Crippen LogP contribution >= 0.6 is 0 Å². The molecule has 3 amide bonds. The van der Waals surface area contributed by atoms with Gasteiger partial charge in [-0.3, -0.25) is 19.6 Å². The molecule has 11 nitrogen and oxygen atoms in total. The molecule has 230 valence electrons. The Morgan fingerprint density at radius 2 is 1.76 bits per heavy atom. The van der Waals surface area contributed by atoms with Gasteiger partial charge in [-0.1, -0.05) is 56.9 Å². The van der Waals surface area contributed by atoms with Crippen LogP contribution in [0.15, 0.2) is 53.4 Å². The van der Waals surface area contributed by atoms with Crippen molar-refractivity contribution < 1.29 is 32.7 Å². The van der Waals surface area contributed by atoms with Crippen LogP contribution in [0, 0.1) is 11.8 Å². The fourth-order valence-corrected chi connectivity index (χ4v) is 5.66. The minimum Gasteiger partial charge on any atom is -0.494 e. The Morgan fingerprint density at radius 3 is 2.40 bits per heavy atom. The largest absolute Gasteiger partial charge is 0.494 e. The normalized spacial score (nSPS) is 19.7. The topological polar surface area (TPSA) is 177 Å². The Kier molecular flexibility index (Phi) is 12.8. The third-order valence-electron chi connectivity index (χ3n) is 7.53. The van der Waals surface area contributed by atoms with E-state index in [1.165, 1.54) is 12.1 Å². The fourth-order valence-electron chi connectivity index (χ4n) is 5.14. The first-order valence-corrected chi connectivity index (χ1v) is 16.0. The number of primary sulfonamides is 1. The van der Waals surface area contributed by atoms with Crippen LogP contribution < -0.4 is 26.0 Å². The van der Waals surface area contributed by atoms with E-state index in [4.69, 9.17) is 9.88 Å². The van der Waals surface area contributed by atoms with Crippen LogP contribution in [0.3, 0.4) is 0 Å². The van der Waals surface area contributed by atoms with Gasteiger partial charge in [0, 0.05) is 18.9 Å². The number of hydrogen-bond acceptors (Lipinski definition) is 7. The van der Waals surface area contributed by atoms with Crippen LogP contribution in [-0.2, 0) is 37.2 Å². The van der Waals surface area contributed by atoms with Gasteiger partial charge in [0.25, 0.3) is 0 Å². The lowest BCUT2D eigenvalue weighted by Gasteiger charge is -2.28. The number of carbonyl (C=O) groups excluding carboxylic acids is 3. The molecule has 2 aromatic carbocycles. The van der Waals surface area contributed by atoms with Crippen molar-refractivity contribution >= 4 is 27.7 Å². The van der Waals surface area contributed by atoms with Gasteiger partial charge >= 0.3 is 0 Å². The van der Waals surface area contributed by atoms with Crippen LogP contribution in [0.2, 0.25) is 0 Å². The number of ether oxygens (including phenoxy) is 1. The molecule has 0 radical (unpaired) electrons. The van der Waals surface area contributed by atoms with Crippen molar-refractivity contribution in [3.8, 4) is 5.75 Å². The third-order valence-corrected chi connectivity index (χ3v) is 8.46. The van der Waals surface area contributed by atoms with Crippen molar-refractivity contribution in [2.45, 2.75) is 75.6 Å². The second kappa shape index (κ2) is 16.2. The zero-order valence-corrected chi connectivity index (χ0v) is 24.8. The summed E-state index contributed by atoms with van der Waals surface area (Å²) in [4.78, 5) is 39.8. The first-order chi connectivity index (χ1) is 20.1. The highest BCUT2D eigenvalue weighted by Crippen LogP contribution is 2.26. The highest BCUT2D eigenvalue weighted by atomic mass is 32.2. The van der Waals surface area contributed by atoms with E-state index in [9.17, 15) is 28.0 Å². The van der Waals surface area contributed by atoms with Gasteiger partial charge in [0.15, 0.2) is 0 Å². The number of nitrogens with two attached hydrogens (primary N) is 1. The molecule has 0 aromatic heterocycles. The average molecular weight is 603 g/mol. The number of hydroxylamine groups is 1. The predicted molar refractivity (Wildman–Crippen MR) is 157 cm³/mol. The molecule has 0 saturated heterocycles. The zero-order valence-electron chi connectivity index (χ0n) is 24.0. The first kappa shape index (κ1) is 33.0. The molecular weight excluding hydrogens is 560 g/mol. The van der Waals surface area contributed by atoms with Gasteiger partial charge < -0.3 is 15.4 Å². The van der Waals surface area contributed by atoms with Crippen molar-refractivity contribution in [3.05, 3.63) is 59.7 Å². The standard InChI is InChI=1S/C30H42N4O7S/c1-2-3-4-5-7-25-26(29(36)34-38)8-6-19-41-23-13-9-22(10-14-23)20-27(33-28(25)35)30(37)32-18-17-21-11-15-24(16-12-21)42(31,39)40/h9-16,25-27,38H,2-8,17-20H2,1H3,(H,32,37)(H,33,35)(H,34,36)(H2,31,39,40)/t25-,26+,27+/m1/s1. The lowest BCUT2D eigenvalue weighted by molar-refractivity contribution is -0.141. The summed E-state index contributed by atoms with van der Waals surface area (Å²) in [6.07, 6.45) is 5.60. The summed E-state index contributed by atoms with van der Waals surface area (Å²) >= 11 is 0. The number of carbonyl (C=O) groups is 3. The van der Waals surface area contributed by atoms with Crippen LogP contribution in [0.25, 0.3) is 0 Å². The lowest BCUT2D eigenvalue weighted by Crippen LogP contribution is -2.52. The van der Waals surface area contributed by atoms with Crippen LogP contribution in [0.5, 0.6) is 5.75 Å². The molecule has 0 unspecified atom stereocenters. The van der Waals surface area contributed by atoms with Gasteiger partial charge in [0.2, 0.25) is 27.7 Å². The maximum atomic E-state index is 13.7. The molecule has 6 N–H and O–H groups in total. The minimum atomic E-state index is -3.80. The van der Waals surface area contributed by atoms with E-state index >= 15 is 0 Å². The average Bonchev–Trinajstić information content (AvgIpc) is 2.97. The monoisotopic (exact) mass is 602 g/mol. The molecule has 42 heavy (non-hydrogen) atoms. The van der Waals surface area contributed by atoms with Gasteiger partial charge in [0.05, 0.1) is 17.4 Å². The van der Waals surface area contributed by atoms with Gasteiger partial charge in [-0.2, -0.15) is 0 Å². The molecule has 2 aliphatic heterocycles. The van der Waals surface area contributed by atoms with Crippen LogP contribution in [0.1, 0.15) is 63.0 Å². The summed E-state index contributed by atoms with van der Waals surface area (Å²) in [7, 11) is -3.80. The summed E-state index contributed by atoms with van der Waals surface area (Å²) in [5.41, 5.74) is 3.35. The van der Waals surface area contributed by atoms with Gasteiger partial charge in [-0.15, -0.1) is 0 Å². The van der Waals surface area contributed by atoms with E-state index < -0.39 is 39.7 Å². The minimum absolute atomic E-state index is 0.00609. The number of hydrogen-bond donors (Lipinski definition) is 5. The van der Waals surface area contributed by atoms with Crippen molar-refractivity contribution in [3.63, 3.8) is 0 Å². The van der Waals surface area contributed by atoms with Crippen molar-refractivity contribution in [1.82, 2.24) is 16.1 Å². The zero-order chi connectivity index (χ0) is 30.5. The Hall–Kier alpha value is -3.48. The van der Waals surface area contributed by atoms with E-state index in [1.807, 2.05) is 12.1 Å². The maximum absolute atomic E-state index is 13.7. The summed E-state index contributed by atoms with van der Waals surface area (Å²) in [6.45, 7) is 2.70. The van der Waals surface area contributed by atoms with Gasteiger partial charge in [-0.05, 0) is 61.1 Å². The van der Waals surface area contributed by atoms with Crippen molar-refractivity contribution in [2.75, 3.05) is 13.2 Å². The number of benzene rings is 2. The Morgan fingerprint density at radius 1 is 1.05 bits per heavy atom. The number of sulfonamides is 1. The Bertz CT molecular complexity index is 1280. The molecule has 2 heterocycles. The van der Waals surface area contributed by atoms with Crippen LogP contribution in [0.4, 0.5) is 0 Å². The number of unbranched alkanes of at least 4 members (excludes halogenated alkanes) is 3. The molecule has 2 aromatic rings. The third kappa shape index (κ3) is 10.1. The van der Waals surface area contributed by atoms with E-state index in [-0.39, 0.29) is 23.8 Å². The summed E-state index contributed by atoms with van der Waals surface area (Å²) in [5.74, 6) is -2.28. The number of nitrogens with one attached hydrogen (secondary N) is 3. The lowest BCUT2D eigenvalue weighted by atomic mass is 9.82.